The fraction of sp³-hybridized carbons (Fsp3) is 0. The summed E-state index contributed by atoms with van der Waals surface area (Å²) < 4.78 is 1.44. The molecule has 0 amide bonds. The molecule has 0 spiro atoms. The quantitative estimate of drug-likeness (QED) is 0.502. The maximum Gasteiger partial charge on any atom is 0.267 e. The van der Waals surface area contributed by atoms with Crippen LogP contribution in [0.1, 0.15) is 0 Å². The lowest BCUT2D eigenvalue weighted by Gasteiger charge is -2.15. The van der Waals surface area contributed by atoms with E-state index < -0.39 is 0 Å². The van der Waals surface area contributed by atoms with Crippen LogP contribution in [0.5, 0.6) is 5.75 Å². The molecule has 0 radical (unpaired) electrons. The number of benzene rings is 3. The molecule has 27 heavy (non-hydrogen) atoms. The van der Waals surface area contributed by atoms with Gasteiger partial charge in [0.2, 0.25) is 5.95 Å². The van der Waals surface area contributed by atoms with Gasteiger partial charge in [0.1, 0.15) is 5.75 Å². The topological polar surface area (TPSA) is 67.2 Å². The second-order valence-corrected chi connectivity index (χ2v) is 6.76. The summed E-state index contributed by atoms with van der Waals surface area (Å²) in [6.45, 7) is 0. The van der Waals surface area contributed by atoms with E-state index in [-0.39, 0.29) is 11.3 Å². The Morgan fingerprint density at radius 2 is 1.52 bits per heavy atom. The smallest absolute Gasteiger partial charge is 0.267 e. The number of phenols is 1. The Balaban J connectivity index is 1.96. The van der Waals surface area contributed by atoms with Crippen molar-refractivity contribution in [3.05, 3.63) is 87.1 Å². The predicted octanol–water partition coefficient (Wildman–Crippen LogP) is 5.14. The lowest BCUT2D eigenvalue weighted by molar-refractivity contribution is 0.476. The Morgan fingerprint density at radius 3 is 2.19 bits per heavy atom. The Labute approximate surface area is 164 Å². The second-order valence-electron chi connectivity index (χ2n) is 5.89. The van der Waals surface area contributed by atoms with E-state index in [0.717, 1.165) is 5.69 Å². The predicted molar refractivity (Wildman–Crippen MR) is 109 cm³/mol. The van der Waals surface area contributed by atoms with Crippen LogP contribution in [-0.4, -0.2) is 14.7 Å². The first-order chi connectivity index (χ1) is 13.0. The highest BCUT2D eigenvalue weighted by Gasteiger charge is 2.14. The van der Waals surface area contributed by atoms with E-state index >= 15 is 0 Å². The van der Waals surface area contributed by atoms with Gasteiger partial charge in [-0.15, -0.1) is 0 Å². The largest absolute Gasteiger partial charge is 0.508 e. The van der Waals surface area contributed by atoms with Crippen LogP contribution in [-0.2, 0) is 0 Å². The molecule has 4 aromatic rings. The zero-order chi connectivity index (χ0) is 19.0. The summed E-state index contributed by atoms with van der Waals surface area (Å²) in [7, 11) is 0. The minimum absolute atomic E-state index is 0.00228. The van der Waals surface area contributed by atoms with Crippen LogP contribution in [0.25, 0.3) is 16.6 Å². The number of anilines is 2. The van der Waals surface area contributed by atoms with Crippen LogP contribution in [0.2, 0.25) is 10.0 Å². The van der Waals surface area contributed by atoms with Crippen LogP contribution in [0, 0.1) is 0 Å². The number of hydrogen-bond donors (Lipinski definition) is 2. The van der Waals surface area contributed by atoms with Crippen molar-refractivity contribution in [2.45, 2.75) is 0 Å². The molecule has 0 unspecified atom stereocenters. The molecule has 5 nitrogen and oxygen atoms in total. The molecule has 0 bridgehead atoms. The lowest BCUT2D eigenvalue weighted by Crippen LogP contribution is -2.22. The molecule has 0 aliphatic rings. The van der Waals surface area contributed by atoms with Gasteiger partial charge >= 0.3 is 0 Å². The molecule has 3 aromatic carbocycles. The maximum atomic E-state index is 13.1. The van der Waals surface area contributed by atoms with Crippen molar-refractivity contribution >= 4 is 45.7 Å². The number of fused-ring (bicyclic) bond motifs is 1. The zero-order valence-corrected chi connectivity index (χ0v) is 15.4. The fourth-order valence-corrected chi connectivity index (χ4v) is 3.00. The molecule has 0 saturated heterocycles. The SMILES string of the molecule is O=c1c2cc(O)ccc2nc(Nc2ccc(Cl)cc2)n1-c1ccc(Cl)cc1. The van der Waals surface area contributed by atoms with E-state index in [2.05, 4.69) is 10.3 Å². The lowest BCUT2D eigenvalue weighted by atomic mass is 10.2. The van der Waals surface area contributed by atoms with Crippen LogP contribution >= 0.6 is 23.2 Å². The Hall–Kier alpha value is -3.02. The highest BCUT2D eigenvalue weighted by Crippen LogP contribution is 2.23. The van der Waals surface area contributed by atoms with Gasteiger partial charge in [0.05, 0.1) is 16.6 Å². The van der Waals surface area contributed by atoms with Gasteiger partial charge in [-0.2, -0.15) is 0 Å². The first kappa shape index (κ1) is 17.4. The number of nitrogens with one attached hydrogen (secondary N) is 1. The third-order valence-electron chi connectivity index (χ3n) is 4.04. The fourth-order valence-electron chi connectivity index (χ4n) is 2.75. The van der Waals surface area contributed by atoms with Crippen LogP contribution < -0.4 is 10.9 Å². The van der Waals surface area contributed by atoms with Crippen molar-refractivity contribution < 1.29 is 5.11 Å². The molecule has 134 valence electrons. The number of rotatable bonds is 3. The van der Waals surface area contributed by atoms with Crippen molar-refractivity contribution in [3.8, 4) is 11.4 Å². The van der Waals surface area contributed by atoms with E-state index in [1.54, 1.807) is 54.6 Å². The summed E-state index contributed by atoms with van der Waals surface area (Å²) in [4.78, 5) is 17.7. The van der Waals surface area contributed by atoms with E-state index in [1.807, 2.05) is 0 Å². The van der Waals surface area contributed by atoms with Crippen molar-refractivity contribution in [3.63, 3.8) is 0 Å². The summed E-state index contributed by atoms with van der Waals surface area (Å²) in [5.74, 6) is 0.338. The van der Waals surface area contributed by atoms with E-state index in [1.165, 1.54) is 16.7 Å². The molecule has 0 aliphatic heterocycles. The number of nitrogens with zero attached hydrogens (tertiary/aromatic N) is 2. The van der Waals surface area contributed by atoms with Crippen LogP contribution in [0.4, 0.5) is 11.6 Å². The molecule has 0 saturated carbocycles. The molecule has 2 N–H and O–H groups in total. The van der Waals surface area contributed by atoms with Gasteiger partial charge < -0.3 is 10.4 Å². The molecule has 7 heteroatoms. The molecule has 4 rings (SSSR count). The zero-order valence-electron chi connectivity index (χ0n) is 13.9. The molecule has 1 aromatic heterocycles. The van der Waals surface area contributed by atoms with Gasteiger partial charge in [0.25, 0.3) is 5.56 Å². The molecular weight excluding hydrogens is 385 g/mol. The van der Waals surface area contributed by atoms with Crippen molar-refractivity contribution in [2.75, 3.05) is 5.32 Å². The monoisotopic (exact) mass is 397 g/mol. The Morgan fingerprint density at radius 1 is 0.889 bits per heavy atom. The second kappa shape index (κ2) is 6.95. The highest BCUT2D eigenvalue weighted by atomic mass is 35.5. The number of aromatic nitrogens is 2. The summed E-state index contributed by atoms with van der Waals surface area (Å²) in [6.07, 6.45) is 0. The normalized spacial score (nSPS) is 10.9. The van der Waals surface area contributed by atoms with E-state index in [4.69, 9.17) is 23.2 Å². The Kier molecular flexibility index (Phi) is 4.48. The summed E-state index contributed by atoms with van der Waals surface area (Å²) in [5.41, 5.74) is 1.49. The van der Waals surface area contributed by atoms with Crippen molar-refractivity contribution in [1.29, 1.82) is 0 Å². The van der Waals surface area contributed by atoms with Crippen molar-refractivity contribution in [2.24, 2.45) is 0 Å². The minimum Gasteiger partial charge on any atom is -0.508 e. The van der Waals surface area contributed by atoms with Gasteiger partial charge in [-0.25, -0.2) is 9.55 Å². The summed E-state index contributed by atoms with van der Waals surface area (Å²) >= 11 is 11.9. The van der Waals surface area contributed by atoms with Crippen LogP contribution in [0.15, 0.2) is 71.5 Å². The van der Waals surface area contributed by atoms with Crippen LogP contribution in [0.3, 0.4) is 0 Å². The molecule has 1 heterocycles. The van der Waals surface area contributed by atoms with Gasteiger partial charge in [-0.1, -0.05) is 23.2 Å². The number of halogens is 2. The van der Waals surface area contributed by atoms with Gasteiger partial charge in [0, 0.05) is 15.7 Å². The molecule has 0 fully saturated rings. The van der Waals surface area contributed by atoms with E-state index in [9.17, 15) is 9.90 Å². The van der Waals surface area contributed by atoms with E-state index in [0.29, 0.717) is 32.6 Å². The molecule has 0 aliphatic carbocycles. The highest BCUT2D eigenvalue weighted by molar-refractivity contribution is 6.30. The number of aromatic hydroxyl groups is 1. The standard InChI is InChI=1S/C20H13Cl2N3O2/c21-12-1-5-14(6-2-12)23-20-24-18-10-9-16(26)11-17(18)19(27)25(20)15-7-3-13(22)4-8-15/h1-11,26H,(H,23,24). The maximum absolute atomic E-state index is 13.1. The third-order valence-corrected chi connectivity index (χ3v) is 4.54. The Bertz CT molecular complexity index is 1190. The minimum atomic E-state index is -0.310. The number of phenolic OH excluding ortho intramolecular Hbond substituents is 1. The first-order valence-electron chi connectivity index (χ1n) is 8.05. The third kappa shape index (κ3) is 3.47. The summed E-state index contributed by atoms with van der Waals surface area (Å²) in [5, 5.41) is 14.4. The van der Waals surface area contributed by atoms with Gasteiger partial charge in [0.15, 0.2) is 0 Å². The molecular formula is C20H13Cl2N3O2. The first-order valence-corrected chi connectivity index (χ1v) is 8.81. The average molecular weight is 398 g/mol. The van der Waals surface area contributed by atoms with Crippen molar-refractivity contribution in [1.82, 2.24) is 9.55 Å². The summed E-state index contributed by atoms with van der Waals surface area (Å²) in [6, 6.07) is 18.4. The van der Waals surface area contributed by atoms with Gasteiger partial charge in [-0.3, -0.25) is 4.79 Å². The average Bonchev–Trinajstić information content (AvgIpc) is 2.66. The number of hydrogen-bond acceptors (Lipinski definition) is 4. The molecule has 0 atom stereocenters. The van der Waals surface area contributed by atoms with Gasteiger partial charge in [-0.05, 0) is 66.7 Å².